The number of nitrogen functional groups attached to an aromatic ring is 4. The van der Waals surface area contributed by atoms with Crippen molar-refractivity contribution in [2.45, 2.75) is 80.5 Å². The summed E-state index contributed by atoms with van der Waals surface area (Å²) in [5, 5.41) is 16.7. The molecule has 3 aromatic carbocycles. The molecule has 0 saturated carbocycles. The molecule has 17 nitrogen and oxygen atoms in total. The second kappa shape index (κ2) is 16.5. The van der Waals surface area contributed by atoms with Gasteiger partial charge in [0.2, 0.25) is 17.7 Å². The van der Waals surface area contributed by atoms with Gasteiger partial charge in [-0.2, -0.15) is 0 Å². The van der Waals surface area contributed by atoms with E-state index in [1.54, 1.807) is 35.6 Å². The fourth-order valence-electron chi connectivity index (χ4n) is 11.0. The summed E-state index contributed by atoms with van der Waals surface area (Å²) in [5.41, 5.74) is 32.6. The number of benzene rings is 3. The predicted molar refractivity (Wildman–Crippen MR) is 267 cm³/mol. The van der Waals surface area contributed by atoms with Gasteiger partial charge in [0.05, 0.1) is 32.5 Å². The lowest BCUT2D eigenvalue weighted by Gasteiger charge is -2.23. The number of nitro benzene ring substituents is 1. The van der Waals surface area contributed by atoms with Crippen molar-refractivity contribution in [1.82, 2.24) is 15.0 Å². The number of carbonyl (C=O) groups is 3. The molecule has 0 bridgehead atoms. The van der Waals surface area contributed by atoms with E-state index in [0.29, 0.717) is 68.1 Å². The Morgan fingerprint density at radius 3 is 1.67 bits per heavy atom. The number of nitrogens with one attached hydrogen (secondary N) is 2. The van der Waals surface area contributed by atoms with E-state index < -0.39 is 29.2 Å². The molecule has 3 aliphatic heterocycles. The van der Waals surface area contributed by atoms with Gasteiger partial charge in [-0.3, -0.25) is 29.4 Å². The molecule has 3 amide bonds. The number of pyridine rings is 3. The van der Waals surface area contributed by atoms with Crippen LogP contribution in [0.1, 0.15) is 50.1 Å². The summed E-state index contributed by atoms with van der Waals surface area (Å²) in [7, 11) is -1.16. The van der Waals surface area contributed by atoms with Crippen molar-refractivity contribution >= 4 is 71.7 Å². The van der Waals surface area contributed by atoms with E-state index in [0.717, 1.165) is 56.5 Å². The molecule has 0 saturated heterocycles. The maximum absolute atomic E-state index is 13.5. The maximum Gasteiger partial charge on any atom is 0.292 e. The van der Waals surface area contributed by atoms with Crippen LogP contribution in [0.3, 0.4) is 0 Å². The number of hydrogen-bond acceptors (Lipinski definition) is 13. The van der Waals surface area contributed by atoms with Crippen molar-refractivity contribution in [3.63, 3.8) is 0 Å². The third-order valence-electron chi connectivity index (χ3n) is 14.5. The highest BCUT2D eigenvalue weighted by Crippen LogP contribution is 2.51. The van der Waals surface area contributed by atoms with Gasteiger partial charge in [0.1, 0.15) is 29.9 Å². The molecule has 2 atom stereocenters. The third-order valence-corrected chi connectivity index (χ3v) is 16.2. The van der Waals surface area contributed by atoms with Gasteiger partial charge in [-0.1, -0.05) is 43.9 Å². The van der Waals surface area contributed by atoms with Crippen LogP contribution in [0.5, 0.6) is 0 Å². The summed E-state index contributed by atoms with van der Waals surface area (Å²) in [6.07, 6.45) is 8.65. The van der Waals surface area contributed by atoms with Crippen LogP contribution >= 0.6 is 0 Å². The van der Waals surface area contributed by atoms with Crippen molar-refractivity contribution in [2.75, 3.05) is 51.8 Å². The first-order valence-electron chi connectivity index (χ1n) is 22.9. The van der Waals surface area contributed by atoms with Crippen LogP contribution < -0.4 is 38.5 Å². The van der Waals surface area contributed by atoms with Gasteiger partial charge >= 0.3 is 0 Å². The summed E-state index contributed by atoms with van der Waals surface area (Å²) < 4.78 is 5.90. The minimum Gasteiger partial charge on any atom is -0.399 e. The van der Waals surface area contributed by atoms with E-state index in [4.69, 9.17) is 27.7 Å². The second-order valence-corrected chi connectivity index (χ2v) is 25.8. The molecule has 3 aromatic heterocycles. The molecule has 0 radical (unpaired) electrons. The molecular weight excluding hydrogens is 891 g/mol. The quantitative estimate of drug-likeness (QED) is 0.0360. The van der Waals surface area contributed by atoms with Gasteiger partial charge in [0.15, 0.2) is 0 Å². The maximum atomic E-state index is 13.5. The number of ether oxygens (including phenoxy) is 1. The van der Waals surface area contributed by atoms with E-state index in [9.17, 15) is 24.5 Å². The Labute approximate surface area is 399 Å². The van der Waals surface area contributed by atoms with E-state index in [1.807, 2.05) is 54.6 Å². The van der Waals surface area contributed by atoms with Crippen LogP contribution in [0.15, 0.2) is 97.5 Å². The molecular formula is C51H53N11O6Si. The summed E-state index contributed by atoms with van der Waals surface area (Å²) >= 11 is 0. The minimum absolute atomic E-state index is 0.0135. The Balaban J connectivity index is 0.000000122. The van der Waals surface area contributed by atoms with Crippen LogP contribution in [0.4, 0.5) is 45.9 Å². The number of carbonyl (C=O) groups excluding carboxylic acids is 3. The summed E-state index contributed by atoms with van der Waals surface area (Å²) in [6.45, 7) is 7.93. The Morgan fingerprint density at radius 2 is 1.12 bits per heavy atom. The van der Waals surface area contributed by atoms with Gasteiger partial charge in [-0.05, 0) is 126 Å². The average molecular weight is 944 g/mol. The van der Waals surface area contributed by atoms with Gasteiger partial charge < -0.3 is 38.3 Å². The van der Waals surface area contributed by atoms with Crippen molar-refractivity contribution in [1.29, 1.82) is 0 Å². The van der Waals surface area contributed by atoms with Crippen LogP contribution in [0.25, 0.3) is 0 Å². The zero-order chi connectivity index (χ0) is 48.6. The molecule has 6 aliphatic rings. The summed E-state index contributed by atoms with van der Waals surface area (Å²) in [6, 6.07) is 25.4. The van der Waals surface area contributed by atoms with Crippen molar-refractivity contribution in [2.24, 2.45) is 0 Å². The van der Waals surface area contributed by atoms with Crippen molar-refractivity contribution in [3.05, 3.63) is 158 Å². The van der Waals surface area contributed by atoms with Crippen LogP contribution in [0.2, 0.25) is 25.7 Å². The Hall–Kier alpha value is -7.70. The van der Waals surface area contributed by atoms with Crippen LogP contribution in [0, 0.1) is 10.1 Å². The number of fused-ring (bicyclic) bond motifs is 9. The second-order valence-electron chi connectivity index (χ2n) is 20.2. The lowest BCUT2D eigenvalue weighted by atomic mass is 9.79. The number of rotatable bonds is 6. The molecule has 0 fully saturated rings. The Bertz CT molecular complexity index is 3130. The third kappa shape index (κ3) is 7.59. The number of nitro groups is 1. The van der Waals surface area contributed by atoms with Gasteiger partial charge in [-0.15, -0.1) is 0 Å². The number of nitrogens with zero attached hydrogens (tertiary/aromatic N) is 5. The molecule has 6 heterocycles. The Morgan fingerprint density at radius 1 is 0.638 bits per heavy atom. The normalized spacial score (nSPS) is 20.3. The lowest BCUT2D eigenvalue weighted by molar-refractivity contribution is -0.384. The van der Waals surface area contributed by atoms with Crippen LogP contribution in [-0.2, 0) is 73.9 Å². The summed E-state index contributed by atoms with van der Waals surface area (Å²) in [5.74, 6) is 1.99. The smallest absolute Gasteiger partial charge is 0.292 e. The zero-order valence-corrected chi connectivity index (χ0v) is 39.6. The Kier molecular flexibility index (Phi) is 10.8. The van der Waals surface area contributed by atoms with Crippen molar-refractivity contribution in [3.8, 4) is 0 Å². The van der Waals surface area contributed by atoms with E-state index in [-0.39, 0.29) is 35.8 Å². The predicted octanol–water partition coefficient (Wildman–Crippen LogP) is 6.15. The fraction of sp³-hybridized carbons (Fsp3) is 0.294. The summed E-state index contributed by atoms with van der Waals surface area (Å²) in [4.78, 5) is 63.7. The minimum atomic E-state index is -1.16. The average Bonchev–Trinajstić information content (AvgIpc) is 4.14. The molecule has 2 unspecified atom stereocenters. The topological polar surface area (TPSA) is 274 Å². The van der Waals surface area contributed by atoms with Gasteiger partial charge in [0, 0.05) is 61.7 Å². The molecule has 352 valence electrons. The zero-order valence-electron chi connectivity index (χ0n) is 38.6. The number of aromatic nitrogens is 3. The molecule has 12 rings (SSSR count). The fourth-order valence-corrected chi connectivity index (χ4v) is 11.8. The first-order chi connectivity index (χ1) is 32.9. The van der Waals surface area contributed by atoms with Gasteiger partial charge in [0.25, 0.3) is 5.69 Å². The number of hydrogen-bond donors (Lipinski definition) is 6. The molecule has 10 N–H and O–H groups in total. The highest BCUT2D eigenvalue weighted by atomic mass is 28.3. The first kappa shape index (κ1) is 45.1. The number of amides is 3. The van der Waals surface area contributed by atoms with Crippen molar-refractivity contribution < 1.29 is 24.0 Å². The SMILES string of the molecule is C[Si](C)(C)CCOCN1C(=O)C2(Cc3ccc(N)cc3C2)c2cccnc21.Nc1cc2c(cc1N)CC1(C2)C(=O)Nc2ncccc21.Nc1cc2c(cc1[N+](=O)[O-])CC1(C2)C(=O)Nc2ncccc21. The standard InChI is InChI=1S/C21H27N3O2Si.C15H12N4O3.C15H14N4O/c1-27(2,3)10-9-26-14-24-19-18(5-4-8-23-19)21(20(24)25)12-15-6-7-17(22)11-16(15)13-21;16-11-4-8-6-15(7-9(8)5-12(11)19(21)22)10-2-1-3-17-13(10)18-14(15)20;16-11-4-8-6-15(7-9(8)5-12(11)17)10-2-1-3-18-13(10)19-14(15)20/h4-8,11H,9-10,12-14,22H2,1-3H3;1-5H,6-7,16H2,(H,17,18,20);1-5H,6-7,16-17H2,(H,18,19,20). The van der Waals surface area contributed by atoms with E-state index in [1.165, 1.54) is 17.2 Å². The monoisotopic (exact) mass is 943 g/mol. The molecule has 3 spiro atoms. The highest BCUT2D eigenvalue weighted by Gasteiger charge is 2.55. The molecule has 69 heavy (non-hydrogen) atoms. The molecule has 18 heteroatoms. The number of anilines is 7. The van der Waals surface area contributed by atoms with E-state index >= 15 is 0 Å². The van der Waals surface area contributed by atoms with Crippen LogP contribution in [-0.4, -0.2) is 59.0 Å². The molecule has 6 aromatic rings. The lowest BCUT2D eigenvalue weighted by Crippen LogP contribution is -2.42. The van der Waals surface area contributed by atoms with E-state index in [2.05, 4.69) is 51.3 Å². The van der Waals surface area contributed by atoms with Gasteiger partial charge in [-0.25, -0.2) is 15.0 Å². The number of nitrogens with two attached hydrogens (primary N) is 4. The molecule has 3 aliphatic carbocycles. The first-order valence-corrected chi connectivity index (χ1v) is 26.6. The highest BCUT2D eigenvalue weighted by molar-refractivity contribution is 6.76. The largest absolute Gasteiger partial charge is 0.399 e.